The van der Waals surface area contributed by atoms with Gasteiger partial charge in [-0.2, -0.15) is 0 Å². The molecule has 1 saturated heterocycles. The van der Waals surface area contributed by atoms with Crippen LogP contribution in [0.2, 0.25) is 0 Å². The Bertz CT molecular complexity index is 642. The van der Waals surface area contributed by atoms with Crippen LogP contribution in [-0.2, 0) is 11.3 Å². The van der Waals surface area contributed by atoms with Gasteiger partial charge in [0.2, 0.25) is 12.7 Å². The van der Waals surface area contributed by atoms with Crippen molar-refractivity contribution in [2.24, 2.45) is 5.92 Å². The van der Waals surface area contributed by atoms with Gasteiger partial charge in [0.15, 0.2) is 11.5 Å². The highest BCUT2D eigenvalue weighted by Crippen LogP contribution is 2.35. The minimum atomic E-state index is -0.339. The van der Waals surface area contributed by atoms with E-state index in [1.165, 1.54) is 32.1 Å². The quantitative estimate of drug-likeness (QED) is 0.892. The van der Waals surface area contributed by atoms with Crippen molar-refractivity contribution < 1.29 is 14.3 Å². The van der Waals surface area contributed by atoms with Crippen molar-refractivity contribution in [3.63, 3.8) is 0 Å². The Hall–Kier alpha value is -1.75. The number of rotatable bonds is 5. The molecular formula is C20H28N2O3. The second-order valence-corrected chi connectivity index (χ2v) is 7.84. The maximum Gasteiger partial charge on any atom is 0.240 e. The van der Waals surface area contributed by atoms with Gasteiger partial charge in [-0.05, 0) is 49.8 Å². The molecule has 0 radical (unpaired) electrons. The molecule has 5 nitrogen and oxygen atoms in total. The van der Waals surface area contributed by atoms with E-state index in [0.717, 1.165) is 42.5 Å². The molecule has 2 aliphatic heterocycles. The standard InChI is InChI=1S/C20H28N2O3/c1-20(9-10-22(20)13-15-5-3-2-4-6-15)19(23)21-12-16-7-8-17-18(11-16)25-14-24-17/h7-8,11,15H,2-6,9-10,12-14H2,1H3,(H,21,23). The number of benzene rings is 1. The fraction of sp³-hybridized carbons (Fsp3) is 0.650. The molecule has 1 saturated carbocycles. The summed E-state index contributed by atoms with van der Waals surface area (Å²) in [7, 11) is 0. The summed E-state index contributed by atoms with van der Waals surface area (Å²) >= 11 is 0. The van der Waals surface area contributed by atoms with Gasteiger partial charge in [0.25, 0.3) is 0 Å². The molecule has 1 atom stereocenters. The first-order chi connectivity index (χ1) is 12.1. The molecule has 0 spiro atoms. The number of nitrogens with zero attached hydrogens (tertiary/aromatic N) is 1. The van der Waals surface area contributed by atoms with Gasteiger partial charge in [0.1, 0.15) is 0 Å². The summed E-state index contributed by atoms with van der Waals surface area (Å²) in [6, 6.07) is 5.84. The summed E-state index contributed by atoms with van der Waals surface area (Å²) in [6.45, 7) is 5.02. The number of fused-ring (bicyclic) bond motifs is 1. The molecule has 1 aromatic carbocycles. The second kappa shape index (κ2) is 6.87. The number of carbonyl (C=O) groups is 1. The van der Waals surface area contributed by atoms with Crippen LogP contribution < -0.4 is 14.8 Å². The smallest absolute Gasteiger partial charge is 0.240 e. The van der Waals surface area contributed by atoms with Crippen molar-refractivity contribution in [1.29, 1.82) is 0 Å². The number of hydrogen-bond acceptors (Lipinski definition) is 4. The Kier molecular flexibility index (Phi) is 4.59. The number of likely N-dealkylation sites (tertiary alicyclic amines) is 1. The molecule has 1 unspecified atom stereocenters. The highest BCUT2D eigenvalue weighted by molar-refractivity contribution is 5.86. The summed E-state index contributed by atoms with van der Waals surface area (Å²) in [6.07, 6.45) is 7.68. The molecular weight excluding hydrogens is 316 g/mol. The van der Waals surface area contributed by atoms with E-state index >= 15 is 0 Å². The Labute approximate surface area is 149 Å². The van der Waals surface area contributed by atoms with E-state index in [0.29, 0.717) is 6.54 Å². The minimum absolute atomic E-state index is 0.146. The molecule has 5 heteroatoms. The van der Waals surface area contributed by atoms with Crippen molar-refractivity contribution in [1.82, 2.24) is 10.2 Å². The summed E-state index contributed by atoms with van der Waals surface area (Å²) in [5.74, 6) is 2.46. The van der Waals surface area contributed by atoms with E-state index in [2.05, 4.69) is 17.1 Å². The Balaban J connectivity index is 1.32. The molecule has 0 bridgehead atoms. The highest BCUT2D eigenvalue weighted by atomic mass is 16.7. The molecule has 0 aromatic heterocycles. The van der Waals surface area contributed by atoms with Gasteiger partial charge >= 0.3 is 0 Å². The van der Waals surface area contributed by atoms with E-state index < -0.39 is 0 Å². The van der Waals surface area contributed by atoms with Crippen molar-refractivity contribution in [2.75, 3.05) is 19.9 Å². The van der Waals surface area contributed by atoms with Crippen LogP contribution in [0.1, 0.15) is 51.0 Å². The first kappa shape index (κ1) is 16.7. The van der Waals surface area contributed by atoms with Crippen LogP contribution >= 0.6 is 0 Å². The summed E-state index contributed by atoms with van der Waals surface area (Å²) < 4.78 is 10.7. The minimum Gasteiger partial charge on any atom is -0.454 e. The number of carbonyl (C=O) groups excluding carboxylic acids is 1. The fourth-order valence-corrected chi connectivity index (χ4v) is 4.26. The van der Waals surface area contributed by atoms with E-state index in [-0.39, 0.29) is 18.2 Å². The molecule has 4 rings (SSSR count). The molecule has 136 valence electrons. The number of amides is 1. The molecule has 25 heavy (non-hydrogen) atoms. The van der Waals surface area contributed by atoms with Crippen molar-refractivity contribution >= 4 is 5.91 Å². The number of hydrogen-bond donors (Lipinski definition) is 1. The predicted octanol–water partition coefficient (Wildman–Crippen LogP) is 3.08. The van der Waals surface area contributed by atoms with Crippen LogP contribution in [0, 0.1) is 5.92 Å². The predicted molar refractivity (Wildman–Crippen MR) is 95.6 cm³/mol. The molecule has 3 aliphatic rings. The number of nitrogens with one attached hydrogen (secondary N) is 1. The van der Waals surface area contributed by atoms with Gasteiger partial charge in [-0.3, -0.25) is 9.69 Å². The Morgan fingerprint density at radius 2 is 2.04 bits per heavy atom. The van der Waals surface area contributed by atoms with Gasteiger partial charge < -0.3 is 14.8 Å². The zero-order valence-electron chi connectivity index (χ0n) is 15.1. The molecule has 1 aliphatic carbocycles. The summed E-state index contributed by atoms with van der Waals surface area (Å²) in [5.41, 5.74) is 0.702. The summed E-state index contributed by atoms with van der Waals surface area (Å²) in [5, 5.41) is 3.12. The fourth-order valence-electron chi connectivity index (χ4n) is 4.26. The lowest BCUT2D eigenvalue weighted by atomic mass is 9.81. The lowest BCUT2D eigenvalue weighted by Crippen LogP contribution is -2.66. The highest BCUT2D eigenvalue weighted by Gasteiger charge is 2.47. The van der Waals surface area contributed by atoms with Gasteiger partial charge in [0, 0.05) is 19.6 Å². The Morgan fingerprint density at radius 1 is 1.24 bits per heavy atom. The monoisotopic (exact) mass is 344 g/mol. The topological polar surface area (TPSA) is 50.8 Å². The third kappa shape index (κ3) is 3.34. The van der Waals surface area contributed by atoms with E-state index in [1.54, 1.807) is 0 Å². The maximum absolute atomic E-state index is 12.8. The molecule has 1 aromatic rings. The third-order valence-corrected chi connectivity index (χ3v) is 6.15. The molecule has 2 heterocycles. The van der Waals surface area contributed by atoms with Crippen LogP contribution in [-0.4, -0.2) is 36.2 Å². The molecule has 1 N–H and O–H groups in total. The van der Waals surface area contributed by atoms with Crippen LogP contribution in [0.15, 0.2) is 18.2 Å². The van der Waals surface area contributed by atoms with E-state index in [9.17, 15) is 4.79 Å². The van der Waals surface area contributed by atoms with E-state index in [4.69, 9.17) is 9.47 Å². The van der Waals surface area contributed by atoms with Crippen LogP contribution in [0.4, 0.5) is 0 Å². The maximum atomic E-state index is 12.8. The van der Waals surface area contributed by atoms with Crippen LogP contribution in [0.3, 0.4) is 0 Å². The lowest BCUT2D eigenvalue weighted by Gasteiger charge is -2.50. The zero-order chi connectivity index (χ0) is 17.3. The molecule has 2 fully saturated rings. The summed E-state index contributed by atoms with van der Waals surface area (Å²) in [4.78, 5) is 15.2. The normalized spacial score (nSPS) is 26.3. The largest absolute Gasteiger partial charge is 0.454 e. The van der Waals surface area contributed by atoms with Crippen LogP contribution in [0.25, 0.3) is 0 Å². The van der Waals surface area contributed by atoms with Crippen molar-refractivity contribution in [3.8, 4) is 11.5 Å². The van der Waals surface area contributed by atoms with Gasteiger partial charge in [-0.25, -0.2) is 0 Å². The van der Waals surface area contributed by atoms with Gasteiger partial charge in [0.05, 0.1) is 5.54 Å². The van der Waals surface area contributed by atoms with Crippen LogP contribution in [0.5, 0.6) is 11.5 Å². The number of ether oxygens (including phenoxy) is 2. The van der Waals surface area contributed by atoms with Gasteiger partial charge in [-0.1, -0.05) is 25.3 Å². The Morgan fingerprint density at radius 3 is 2.80 bits per heavy atom. The van der Waals surface area contributed by atoms with Crippen molar-refractivity contribution in [3.05, 3.63) is 23.8 Å². The lowest BCUT2D eigenvalue weighted by molar-refractivity contribution is -0.142. The first-order valence-electron chi connectivity index (χ1n) is 9.57. The average molecular weight is 344 g/mol. The SMILES string of the molecule is CC1(C(=O)NCc2ccc3c(c2)OCO3)CCN1CC1CCCCC1. The first-order valence-corrected chi connectivity index (χ1v) is 9.57. The third-order valence-electron chi connectivity index (χ3n) is 6.15. The van der Waals surface area contributed by atoms with E-state index in [1.807, 2.05) is 18.2 Å². The van der Waals surface area contributed by atoms with Gasteiger partial charge in [-0.15, -0.1) is 0 Å². The average Bonchev–Trinajstić information content (AvgIpc) is 3.11. The molecule has 1 amide bonds. The van der Waals surface area contributed by atoms with Crippen molar-refractivity contribution in [2.45, 2.75) is 57.5 Å². The zero-order valence-corrected chi connectivity index (χ0v) is 15.1. The second-order valence-electron chi connectivity index (χ2n) is 7.84.